The number of benzene rings is 9. The molecule has 1 N–H and O–H groups in total. The molecule has 0 saturated carbocycles. The minimum Gasteiger partial charge on any atom is -0.394 e. The van der Waals surface area contributed by atoms with Gasteiger partial charge in [-0.15, -0.1) is 0 Å². The molecule has 4 aliphatic rings. The fourth-order valence-electron chi connectivity index (χ4n) is 13.1. The van der Waals surface area contributed by atoms with Crippen LogP contribution < -0.4 is 0 Å². The lowest BCUT2D eigenvalue weighted by Crippen LogP contribution is -2.69. The lowest BCUT2D eigenvalue weighted by molar-refractivity contribution is -0.416. The standard InChI is InChI=1S/C83H88O17/c1-85-81-79(93-55-65-43-25-9-26-44-65)76(75-71(97-81)67(47-84)94-80(99-75)66-45-27-10-28-46-66)100-83-78(92-54-64-41-23-8-24-42-64)74(90-52-62-37-19-6-20-38-62)72(69(96-83)57-87-49-59-31-13-3-14-32-59)98-82-77(91-53-63-39-21-7-22-40-63)73(89-51-61-35-17-5-18-36-61)70(88-50-60-33-15-4-16-34-60)68(95-82)56-86-48-58-29-11-2-12-30-58/h2-46,67-84H,47-57H2,1H3/t67-,68+,69+,70-,71+,72+,73-,74-,75+,76-,77+,78+,79-,80?,81-,82-,83-/m0/s1. The molecule has 17 heteroatoms. The topological polar surface area (TPSA) is 168 Å². The maximum absolute atomic E-state index is 11.3. The summed E-state index contributed by atoms with van der Waals surface area (Å²) in [6.07, 6.45) is -17.2. The summed E-state index contributed by atoms with van der Waals surface area (Å²) in [6, 6.07) is 89.2. The fraction of sp³-hybridized carbons (Fsp3) is 0.349. The maximum Gasteiger partial charge on any atom is 0.187 e. The molecule has 9 aromatic rings. The molecule has 4 saturated heterocycles. The van der Waals surface area contributed by atoms with Gasteiger partial charge in [-0.1, -0.05) is 273 Å². The Bertz CT molecular complexity index is 3730. The van der Waals surface area contributed by atoms with Gasteiger partial charge in [-0.2, -0.15) is 0 Å². The average Bonchev–Trinajstić information content (AvgIpc) is 0.753. The molecule has 522 valence electrons. The van der Waals surface area contributed by atoms with Gasteiger partial charge in [-0.05, 0) is 44.5 Å². The van der Waals surface area contributed by atoms with Crippen LogP contribution >= 0.6 is 0 Å². The molecule has 17 nitrogen and oxygen atoms in total. The summed E-state index contributed by atoms with van der Waals surface area (Å²) in [7, 11) is 1.55. The Kier molecular flexibility index (Phi) is 26.0. The van der Waals surface area contributed by atoms with Crippen LogP contribution in [-0.4, -0.2) is 130 Å². The van der Waals surface area contributed by atoms with Crippen molar-refractivity contribution in [2.75, 3.05) is 26.9 Å². The van der Waals surface area contributed by atoms with E-state index in [4.69, 9.17) is 75.8 Å². The van der Waals surface area contributed by atoms with Crippen molar-refractivity contribution >= 4 is 0 Å². The van der Waals surface area contributed by atoms with Crippen molar-refractivity contribution in [1.29, 1.82) is 0 Å². The summed E-state index contributed by atoms with van der Waals surface area (Å²) in [5.41, 5.74) is 8.10. The van der Waals surface area contributed by atoms with Crippen LogP contribution in [0.4, 0.5) is 0 Å². The average molecular weight is 1360 g/mol. The Morgan fingerprint density at radius 3 is 0.930 bits per heavy atom. The van der Waals surface area contributed by atoms with Crippen molar-refractivity contribution in [3.63, 3.8) is 0 Å². The molecule has 13 rings (SSSR count). The highest BCUT2D eigenvalue weighted by atomic mass is 16.8. The zero-order valence-corrected chi connectivity index (χ0v) is 56.1. The lowest BCUT2D eigenvalue weighted by Gasteiger charge is -2.53. The van der Waals surface area contributed by atoms with Gasteiger partial charge in [0.25, 0.3) is 0 Å². The van der Waals surface area contributed by atoms with Gasteiger partial charge in [-0.25, -0.2) is 0 Å². The number of rotatable bonds is 33. The molecule has 0 radical (unpaired) electrons. The molecule has 0 aliphatic carbocycles. The van der Waals surface area contributed by atoms with Crippen molar-refractivity contribution in [2.45, 2.75) is 157 Å². The molecule has 0 aromatic heterocycles. The van der Waals surface area contributed by atoms with Crippen molar-refractivity contribution in [2.24, 2.45) is 0 Å². The van der Waals surface area contributed by atoms with Gasteiger partial charge in [-0.3, -0.25) is 0 Å². The zero-order chi connectivity index (χ0) is 67.9. The van der Waals surface area contributed by atoms with Crippen LogP contribution in [0.5, 0.6) is 0 Å². The van der Waals surface area contributed by atoms with Crippen LogP contribution in [0, 0.1) is 0 Å². The number of hydrogen-bond acceptors (Lipinski definition) is 17. The first-order valence-corrected chi connectivity index (χ1v) is 34.4. The second kappa shape index (κ2) is 36.8. The SMILES string of the molecule is CO[C@H]1O[C@H]2[C@@H](OC(c3ccccc3)O[C@H]2CO)[C@H](O[C@@H]2O[C@H](COCc3ccccc3)[C@@H](O[C@@H]3O[C@H](COCc4ccccc4)[C@H](OCc4ccccc4)[C@H](OCc4ccccc4)[C@H]3OCc3ccccc3)[C@H](OCc3ccccc3)[C@H]2OCc2ccccc2)[C@@H]1OCc1ccccc1. The second-order valence-electron chi connectivity index (χ2n) is 25.3. The summed E-state index contributed by atoms with van der Waals surface area (Å²) in [4.78, 5) is 0. The predicted molar refractivity (Wildman–Crippen MR) is 371 cm³/mol. The van der Waals surface area contributed by atoms with Gasteiger partial charge in [0.15, 0.2) is 25.2 Å². The third kappa shape index (κ3) is 19.1. The van der Waals surface area contributed by atoms with E-state index in [1.54, 1.807) is 7.11 Å². The molecular formula is C83H88O17. The number of ether oxygens (including phenoxy) is 16. The van der Waals surface area contributed by atoms with E-state index in [2.05, 4.69) is 0 Å². The van der Waals surface area contributed by atoms with Gasteiger partial charge in [0, 0.05) is 12.7 Å². The minimum absolute atomic E-state index is 0.0554. The Labute approximate surface area is 585 Å². The summed E-state index contributed by atoms with van der Waals surface area (Å²) in [5.74, 6) is 0. The van der Waals surface area contributed by atoms with E-state index in [1.807, 2.05) is 273 Å². The molecular weight excluding hydrogens is 1270 g/mol. The normalized spacial score (nSPS) is 27.5. The minimum atomic E-state index is -1.32. The molecule has 100 heavy (non-hydrogen) atoms. The summed E-state index contributed by atoms with van der Waals surface area (Å²) in [5, 5.41) is 11.3. The highest BCUT2D eigenvalue weighted by molar-refractivity contribution is 5.22. The largest absolute Gasteiger partial charge is 0.394 e. The number of hydrogen-bond donors (Lipinski definition) is 1. The number of fused-ring (bicyclic) bond motifs is 1. The molecule has 4 heterocycles. The summed E-state index contributed by atoms with van der Waals surface area (Å²) in [6.45, 7) is 1.01. The van der Waals surface area contributed by atoms with Crippen molar-refractivity contribution in [3.8, 4) is 0 Å². The first-order valence-electron chi connectivity index (χ1n) is 34.4. The van der Waals surface area contributed by atoms with Crippen molar-refractivity contribution in [1.82, 2.24) is 0 Å². The second-order valence-corrected chi connectivity index (χ2v) is 25.3. The predicted octanol–water partition coefficient (Wildman–Crippen LogP) is 13.0. The van der Waals surface area contributed by atoms with Gasteiger partial charge in [0.05, 0.1) is 72.7 Å². The van der Waals surface area contributed by atoms with E-state index >= 15 is 0 Å². The van der Waals surface area contributed by atoms with Crippen LogP contribution in [0.25, 0.3) is 0 Å². The number of aliphatic hydroxyl groups excluding tert-OH is 1. The van der Waals surface area contributed by atoms with Gasteiger partial charge >= 0.3 is 0 Å². The first kappa shape index (κ1) is 70.7. The van der Waals surface area contributed by atoms with Crippen LogP contribution in [0.2, 0.25) is 0 Å². The van der Waals surface area contributed by atoms with Crippen LogP contribution in [-0.2, 0) is 129 Å². The monoisotopic (exact) mass is 1360 g/mol. The van der Waals surface area contributed by atoms with E-state index in [1.165, 1.54) is 0 Å². The molecule has 0 amide bonds. The maximum atomic E-state index is 11.3. The zero-order valence-electron chi connectivity index (χ0n) is 56.1. The Morgan fingerprint density at radius 1 is 0.270 bits per heavy atom. The molecule has 1 unspecified atom stereocenters. The van der Waals surface area contributed by atoms with Gasteiger partial charge < -0.3 is 80.9 Å². The Hall–Kier alpha value is -7.70. The number of aliphatic hydroxyl groups is 1. The van der Waals surface area contributed by atoms with Crippen LogP contribution in [0.3, 0.4) is 0 Å². The molecule has 4 fully saturated rings. The smallest absolute Gasteiger partial charge is 0.187 e. The van der Waals surface area contributed by atoms with Gasteiger partial charge in [0.2, 0.25) is 0 Å². The van der Waals surface area contributed by atoms with Crippen LogP contribution in [0.1, 0.15) is 56.4 Å². The van der Waals surface area contributed by atoms with E-state index < -0.39 is 111 Å². The van der Waals surface area contributed by atoms with Crippen molar-refractivity contribution < 1.29 is 80.9 Å². The highest BCUT2D eigenvalue weighted by Gasteiger charge is 2.59. The lowest BCUT2D eigenvalue weighted by atomic mass is 9.92. The Morgan fingerprint density at radius 2 is 0.570 bits per heavy atom. The van der Waals surface area contributed by atoms with Crippen molar-refractivity contribution in [3.05, 3.63) is 323 Å². The molecule has 0 spiro atoms. The quantitative estimate of drug-likeness (QED) is 0.0412. The summed E-state index contributed by atoms with van der Waals surface area (Å²) >= 11 is 0. The molecule has 0 bridgehead atoms. The molecule has 17 atom stereocenters. The van der Waals surface area contributed by atoms with E-state index in [0.717, 1.165) is 50.1 Å². The fourth-order valence-corrected chi connectivity index (χ4v) is 13.1. The van der Waals surface area contributed by atoms with E-state index in [9.17, 15) is 5.11 Å². The van der Waals surface area contributed by atoms with E-state index in [0.29, 0.717) is 6.61 Å². The Balaban J connectivity index is 0.936. The highest BCUT2D eigenvalue weighted by Crippen LogP contribution is 2.43. The third-order valence-corrected chi connectivity index (χ3v) is 18.2. The van der Waals surface area contributed by atoms with Gasteiger partial charge in [0.1, 0.15) is 79.4 Å². The summed E-state index contributed by atoms with van der Waals surface area (Å²) < 4.78 is 114. The molecule has 9 aromatic carbocycles. The van der Waals surface area contributed by atoms with Crippen LogP contribution in [0.15, 0.2) is 273 Å². The number of methoxy groups -OCH3 is 1. The first-order chi connectivity index (χ1) is 49.5. The molecule has 4 aliphatic heterocycles. The van der Waals surface area contributed by atoms with E-state index in [-0.39, 0.29) is 59.5 Å². The third-order valence-electron chi connectivity index (χ3n) is 18.2.